The van der Waals surface area contributed by atoms with Crippen LogP contribution < -0.4 is 0 Å². The van der Waals surface area contributed by atoms with Gasteiger partial charge in [-0.25, -0.2) is 4.39 Å². The van der Waals surface area contributed by atoms with Crippen LogP contribution in [0.5, 0.6) is 0 Å². The average Bonchev–Trinajstić information content (AvgIpc) is 3.06. The lowest BCUT2D eigenvalue weighted by molar-refractivity contribution is -0.137. The molecule has 0 saturated heterocycles. The summed E-state index contributed by atoms with van der Waals surface area (Å²) in [5.74, 6) is -0.336. The quantitative estimate of drug-likeness (QED) is 0.370. The zero-order chi connectivity index (χ0) is 22.1. The van der Waals surface area contributed by atoms with Crippen LogP contribution in [0.1, 0.15) is 37.0 Å². The number of aromatic nitrogens is 1. The van der Waals surface area contributed by atoms with Crippen molar-refractivity contribution in [3.8, 4) is 6.07 Å². The number of nitriles is 1. The van der Waals surface area contributed by atoms with Crippen LogP contribution >= 0.6 is 0 Å². The van der Waals surface area contributed by atoms with E-state index in [0.29, 0.717) is 17.8 Å². The molecular weight excluding hydrogens is 394 g/mol. The summed E-state index contributed by atoms with van der Waals surface area (Å²) in [6.45, 7) is 4.22. The van der Waals surface area contributed by atoms with Gasteiger partial charge in [-0.3, -0.25) is 0 Å². The third-order valence-corrected chi connectivity index (χ3v) is 5.29. The zero-order valence-corrected chi connectivity index (χ0v) is 16.6. The predicted molar refractivity (Wildman–Crippen MR) is 108 cm³/mol. The number of benzene rings is 2. The summed E-state index contributed by atoms with van der Waals surface area (Å²) in [5, 5.41) is 18.3. The number of fused-ring (bicyclic) bond motifs is 1. The fraction of sp³-hybridized carbons (Fsp3) is 0.304. The van der Waals surface area contributed by atoms with Gasteiger partial charge in [0.25, 0.3) is 0 Å². The van der Waals surface area contributed by atoms with Crippen molar-refractivity contribution >= 4 is 16.6 Å². The summed E-state index contributed by atoms with van der Waals surface area (Å²) in [6.07, 6.45) is -2.21. The highest BCUT2D eigenvalue weighted by Gasteiger charge is 2.34. The summed E-state index contributed by atoms with van der Waals surface area (Å²) in [7, 11) is 0. The highest BCUT2D eigenvalue weighted by molar-refractivity contribution is 5.87. The molecule has 1 aromatic heterocycles. The van der Waals surface area contributed by atoms with E-state index in [0.717, 1.165) is 17.0 Å². The average molecular weight is 415 g/mol. The molecule has 0 saturated carbocycles. The number of halogens is 4. The van der Waals surface area contributed by atoms with Gasteiger partial charge in [0.15, 0.2) is 0 Å². The fourth-order valence-electron chi connectivity index (χ4n) is 3.50. The van der Waals surface area contributed by atoms with E-state index in [1.165, 1.54) is 24.3 Å². The molecule has 3 nitrogen and oxygen atoms in total. The molecule has 0 atom stereocenters. The molecule has 0 aliphatic carbocycles. The van der Waals surface area contributed by atoms with Crippen LogP contribution in [0.15, 0.2) is 48.7 Å². The van der Waals surface area contributed by atoms with Crippen LogP contribution in [-0.4, -0.2) is 10.3 Å². The second kappa shape index (κ2) is 7.94. The van der Waals surface area contributed by atoms with Gasteiger partial charge in [-0.15, -0.1) is 0 Å². The maximum absolute atomic E-state index is 13.6. The van der Waals surface area contributed by atoms with Gasteiger partial charge in [-0.1, -0.05) is 19.9 Å². The molecule has 0 amide bonds. The first-order chi connectivity index (χ1) is 14.0. The first-order valence-electron chi connectivity index (χ1n) is 9.44. The number of nitrogens with one attached hydrogen (secondary N) is 1. The highest BCUT2D eigenvalue weighted by atomic mass is 19.4. The number of aryl methyl sites for hydroxylation is 1. The molecule has 0 aliphatic rings. The third-order valence-electron chi connectivity index (χ3n) is 5.29. The van der Waals surface area contributed by atoms with Gasteiger partial charge in [0.1, 0.15) is 5.82 Å². The Morgan fingerprint density at radius 2 is 1.83 bits per heavy atom. The Morgan fingerprint density at radius 1 is 1.10 bits per heavy atom. The van der Waals surface area contributed by atoms with Crippen molar-refractivity contribution in [3.05, 3.63) is 71.2 Å². The van der Waals surface area contributed by atoms with Gasteiger partial charge in [-0.2, -0.15) is 18.4 Å². The maximum Gasteiger partial charge on any atom is 0.417 e. The van der Waals surface area contributed by atoms with Gasteiger partial charge in [0.2, 0.25) is 0 Å². The molecule has 0 spiro atoms. The maximum atomic E-state index is 13.6. The number of rotatable bonds is 6. The zero-order valence-electron chi connectivity index (χ0n) is 16.6. The summed E-state index contributed by atoms with van der Waals surface area (Å²) >= 11 is 0. The highest BCUT2D eigenvalue weighted by Crippen LogP contribution is 2.33. The molecule has 0 aliphatic heterocycles. The van der Waals surface area contributed by atoms with Gasteiger partial charge >= 0.3 is 6.18 Å². The van der Waals surface area contributed by atoms with E-state index in [4.69, 9.17) is 10.7 Å². The van der Waals surface area contributed by atoms with E-state index < -0.39 is 22.7 Å². The minimum absolute atomic E-state index is 0.262. The van der Waals surface area contributed by atoms with Crippen LogP contribution in [-0.2, 0) is 19.1 Å². The van der Waals surface area contributed by atoms with E-state index in [9.17, 15) is 17.6 Å². The van der Waals surface area contributed by atoms with Crippen molar-refractivity contribution < 1.29 is 17.6 Å². The Kier molecular flexibility index (Phi) is 5.71. The summed E-state index contributed by atoms with van der Waals surface area (Å²) in [5.41, 5.74) is -0.383. The molecule has 3 rings (SSSR count). The second-order valence-electron chi connectivity index (χ2n) is 8.00. The molecule has 0 bridgehead atoms. The van der Waals surface area contributed by atoms with Crippen LogP contribution in [0.3, 0.4) is 0 Å². The molecule has 156 valence electrons. The van der Waals surface area contributed by atoms with Crippen LogP contribution in [0.4, 0.5) is 17.6 Å². The Hall–Kier alpha value is -3.14. The van der Waals surface area contributed by atoms with Crippen molar-refractivity contribution in [2.45, 2.75) is 39.4 Å². The third kappa shape index (κ3) is 4.54. The molecule has 0 radical (unpaired) electrons. The van der Waals surface area contributed by atoms with Crippen molar-refractivity contribution in [1.82, 2.24) is 4.57 Å². The van der Waals surface area contributed by atoms with E-state index in [1.807, 2.05) is 30.7 Å². The first-order valence-corrected chi connectivity index (χ1v) is 9.44. The van der Waals surface area contributed by atoms with E-state index in [1.54, 1.807) is 12.1 Å². The van der Waals surface area contributed by atoms with Crippen LogP contribution in [0, 0.1) is 28.0 Å². The number of hydrogen-bond donors (Lipinski definition) is 1. The minimum atomic E-state index is -4.60. The fourth-order valence-corrected chi connectivity index (χ4v) is 3.50. The Morgan fingerprint density at radius 3 is 2.50 bits per heavy atom. The molecule has 1 N–H and O–H groups in total. The summed E-state index contributed by atoms with van der Waals surface area (Å²) in [4.78, 5) is 0. The Bertz CT molecular complexity index is 1130. The normalized spacial score (nSPS) is 12.2. The van der Waals surface area contributed by atoms with Crippen molar-refractivity contribution in [3.63, 3.8) is 0 Å². The van der Waals surface area contributed by atoms with Crippen molar-refractivity contribution in [2.75, 3.05) is 0 Å². The van der Waals surface area contributed by atoms with Crippen molar-refractivity contribution in [1.29, 1.82) is 10.7 Å². The minimum Gasteiger partial charge on any atom is -0.346 e. The lowest BCUT2D eigenvalue weighted by Crippen LogP contribution is -2.29. The number of hydrogen-bond acceptors (Lipinski definition) is 2. The first kappa shape index (κ1) is 21.6. The van der Waals surface area contributed by atoms with Crippen LogP contribution in [0.25, 0.3) is 10.9 Å². The molecule has 2 aromatic carbocycles. The Balaban J connectivity index is 1.74. The lowest BCUT2D eigenvalue weighted by atomic mass is 9.84. The second-order valence-corrected chi connectivity index (χ2v) is 8.00. The Labute approximate surface area is 172 Å². The molecule has 30 heavy (non-hydrogen) atoms. The smallest absolute Gasteiger partial charge is 0.346 e. The van der Waals surface area contributed by atoms with Gasteiger partial charge in [-0.05, 0) is 60.2 Å². The molecular formula is C23H21F4N3. The van der Waals surface area contributed by atoms with E-state index >= 15 is 0 Å². The summed E-state index contributed by atoms with van der Waals surface area (Å²) < 4.78 is 54.9. The largest absolute Gasteiger partial charge is 0.417 e. The molecule has 7 heteroatoms. The lowest BCUT2D eigenvalue weighted by Gasteiger charge is -2.27. The predicted octanol–water partition coefficient (Wildman–Crippen LogP) is 6.35. The number of alkyl halides is 3. The molecule has 0 unspecified atom stereocenters. The van der Waals surface area contributed by atoms with Gasteiger partial charge < -0.3 is 9.98 Å². The van der Waals surface area contributed by atoms with Gasteiger partial charge in [0, 0.05) is 23.9 Å². The van der Waals surface area contributed by atoms with Crippen molar-refractivity contribution in [2.24, 2.45) is 5.41 Å². The SMILES string of the molecule is CC(C)(Cn1ccc2ccc(F)cc21)C(=N)CCc1ccc(C#N)c(C(F)(F)F)c1. The topological polar surface area (TPSA) is 52.6 Å². The van der Waals surface area contributed by atoms with E-state index in [2.05, 4.69) is 0 Å². The number of nitrogens with zero attached hydrogens (tertiary/aromatic N) is 2. The monoisotopic (exact) mass is 415 g/mol. The van der Waals surface area contributed by atoms with Crippen LogP contribution in [0.2, 0.25) is 0 Å². The van der Waals surface area contributed by atoms with E-state index in [-0.39, 0.29) is 18.7 Å². The molecule has 1 heterocycles. The summed E-state index contributed by atoms with van der Waals surface area (Å²) in [6, 6.07) is 11.6. The molecule has 3 aromatic rings. The standard InChI is InChI=1S/C23H21F4N3/c1-22(2,14-30-10-9-16-6-7-18(24)12-20(16)30)21(29)8-4-15-3-5-17(13-28)19(11-15)23(25,26)27/h3,5-7,9-12,29H,4,8,14H2,1-2H3. The molecule has 0 fully saturated rings. The van der Waals surface area contributed by atoms with Gasteiger partial charge in [0.05, 0.1) is 22.7 Å².